The number of halogens is 1. The maximum Gasteiger partial charge on any atom is 0.264 e. The molecule has 0 atom stereocenters. The number of nitrogens with zero attached hydrogens (tertiary/aromatic N) is 1. The predicted molar refractivity (Wildman–Crippen MR) is 106 cm³/mol. The van der Waals surface area contributed by atoms with Crippen LogP contribution >= 0.6 is 23.4 Å². The Labute approximate surface area is 154 Å². The Hall–Kier alpha value is -2.56. The van der Waals surface area contributed by atoms with Gasteiger partial charge in [-0.3, -0.25) is 4.79 Å². The van der Waals surface area contributed by atoms with Crippen LogP contribution in [0.1, 0.15) is 5.56 Å². The van der Waals surface area contributed by atoms with E-state index < -0.39 is 0 Å². The van der Waals surface area contributed by atoms with Crippen LogP contribution in [0.4, 0.5) is 5.69 Å². The molecule has 0 bridgehead atoms. The molecule has 0 spiro atoms. The zero-order valence-electron chi connectivity index (χ0n) is 13.1. The summed E-state index contributed by atoms with van der Waals surface area (Å²) in [6.07, 6.45) is 1.91. The smallest absolute Gasteiger partial charge is 0.264 e. The zero-order valence-corrected chi connectivity index (χ0v) is 14.6. The fourth-order valence-corrected chi connectivity index (χ4v) is 3.59. The van der Waals surface area contributed by atoms with Gasteiger partial charge in [0, 0.05) is 5.02 Å². The van der Waals surface area contributed by atoms with Crippen molar-refractivity contribution in [1.82, 2.24) is 5.32 Å². The molecule has 5 heteroatoms. The highest BCUT2D eigenvalue weighted by molar-refractivity contribution is 8.18. The molecule has 1 heterocycles. The first-order valence-electron chi connectivity index (χ1n) is 7.72. The third-order valence-corrected chi connectivity index (χ3v) is 4.98. The molecule has 0 aromatic heterocycles. The molecule has 1 aliphatic rings. The van der Waals surface area contributed by atoms with E-state index >= 15 is 0 Å². The minimum atomic E-state index is -0.134. The third-order valence-electron chi connectivity index (χ3n) is 3.82. The van der Waals surface area contributed by atoms with Gasteiger partial charge in [0.25, 0.3) is 5.91 Å². The largest absolute Gasteiger partial charge is 0.300 e. The van der Waals surface area contributed by atoms with Crippen molar-refractivity contribution in [3.63, 3.8) is 0 Å². The highest BCUT2D eigenvalue weighted by atomic mass is 35.5. The molecular weight excluding hydrogens is 352 g/mol. The molecule has 3 aromatic rings. The number of carbonyl (C=O) groups excluding carboxylic acids is 1. The Morgan fingerprint density at radius 1 is 0.960 bits per heavy atom. The normalized spacial score (nSPS) is 17.4. The number of aliphatic imine (C=N–C) groups is 1. The second-order valence-electron chi connectivity index (χ2n) is 5.53. The van der Waals surface area contributed by atoms with Gasteiger partial charge in [0.05, 0.1) is 10.6 Å². The van der Waals surface area contributed by atoms with E-state index in [9.17, 15) is 4.79 Å². The Morgan fingerprint density at radius 3 is 2.56 bits per heavy atom. The van der Waals surface area contributed by atoms with E-state index in [1.54, 1.807) is 12.1 Å². The number of hydrogen-bond acceptors (Lipinski definition) is 3. The Kier molecular flexibility index (Phi) is 4.30. The maximum atomic E-state index is 12.3. The lowest BCUT2D eigenvalue weighted by Gasteiger charge is -2.02. The van der Waals surface area contributed by atoms with Gasteiger partial charge < -0.3 is 5.32 Å². The van der Waals surface area contributed by atoms with Crippen LogP contribution in [0.5, 0.6) is 0 Å². The van der Waals surface area contributed by atoms with Crippen molar-refractivity contribution in [3.8, 4) is 0 Å². The van der Waals surface area contributed by atoms with E-state index in [4.69, 9.17) is 11.6 Å². The number of thioether (sulfide) groups is 1. The summed E-state index contributed by atoms with van der Waals surface area (Å²) < 4.78 is 0. The van der Waals surface area contributed by atoms with Gasteiger partial charge in [0.1, 0.15) is 0 Å². The number of benzene rings is 3. The molecule has 1 aliphatic heterocycles. The summed E-state index contributed by atoms with van der Waals surface area (Å²) in [5, 5.41) is 6.30. The lowest BCUT2D eigenvalue weighted by atomic mass is 10.0. The van der Waals surface area contributed by atoms with Crippen LogP contribution in [0.2, 0.25) is 5.02 Å². The number of rotatable bonds is 2. The number of fused-ring (bicyclic) bond motifs is 1. The van der Waals surface area contributed by atoms with Gasteiger partial charge in [0.15, 0.2) is 5.17 Å². The monoisotopic (exact) mass is 364 g/mol. The summed E-state index contributed by atoms with van der Waals surface area (Å²) in [5.74, 6) is -0.134. The summed E-state index contributed by atoms with van der Waals surface area (Å²) >= 11 is 7.22. The minimum absolute atomic E-state index is 0.134. The molecule has 4 rings (SSSR count). The van der Waals surface area contributed by atoms with E-state index in [1.165, 1.54) is 11.8 Å². The molecule has 122 valence electrons. The molecule has 1 saturated heterocycles. The molecule has 3 nitrogen and oxygen atoms in total. The van der Waals surface area contributed by atoms with Gasteiger partial charge in [0.2, 0.25) is 0 Å². The molecule has 0 aliphatic carbocycles. The molecule has 1 amide bonds. The molecule has 3 aromatic carbocycles. The summed E-state index contributed by atoms with van der Waals surface area (Å²) in [7, 11) is 0. The lowest BCUT2D eigenvalue weighted by Crippen LogP contribution is -2.19. The molecule has 1 fully saturated rings. The van der Waals surface area contributed by atoms with Crippen molar-refractivity contribution >= 4 is 57.0 Å². The van der Waals surface area contributed by atoms with E-state index in [2.05, 4.69) is 28.5 Å². The molecule has 25 heavy (non-hydrogen) atoms. The fourth-order valence-electron chi connectivity index (χ4n) is 2.63. The van der Waals surface area contributed by atoms with Crippen LogP contribution < -0.4 is 5.32 Å². The molecule has 0 saturated carbocycles. The van der Waals surface area contributed by atoms with Gasteiger partial charge in [-0.1, -0.05) is 54.1 Å². The predicted octanol–water partition coefficient (Wildman–Crippen LogP) is 5.38. The van der Waals surface area contributed by atoms with Crippen LogP contribution in [-0.2, 0) is 4.79 Å². The van der Waals surface area contributed by atoms with Gasteiger partial charge in [-0.15, -0.1) is 0 Å². The Morgan fingerprint density at radius 2 is 1.72 bits per heavy atom. The van der Waals surface area contributed by atoms with Crippen LogP contribution in [0, 0.1) is 0 Å². The number of amides is 1. The van der Waals surface area contributed by atoms with Crippen LogP contribution in [0.3, 0.4) is 0 Å². The van der Waals surface area contributed by atoms with Crippen LogP contribution in [0.25, 0.3) is 16.8 Å². The van der Waals surface area contributed by atoms with Crippen molar-refractivity contribution in [2.45, 2.75) is 0 Å². The standard InChI is InChI=1S/C20H13ClN2OS/c21-15-8-10-16(11-9-15)22-20-23-19(24)18(25-20)12-14-6-3-5-13-4-1-2-7-17(13)14/h1-12H,(H,22,23,24)/b18-12-. The van der Waals surface area contributed by atoms with Gasteiger partial charge in [-0.25, -0.2) is 4.99 Å². The first-order chi connectivity index (χ1) is 12.2. The first-order valence-corrected chi connectivity index (χ1v) is 8.91. The Bertz CT molecular complexity index is 1020. The van der Waals surface area contributed by atoms with E-state index in [-0.39, 0.29) is 5.91 Å². The van der Waals surface area contributed by atoms with Crippen molar-refractivity contribution in [2.24, 2.45) is 4.99 Å². The quantitative estimate of drug-likeness (QED) is 0.620. The Balaban J connectivity index is 1.66. The average Bonchev–Trinajstić information content (AvgIpc) is 2.96. The zero-order chi connectivity index (χ0) is 17.2. The van der Waals surface area contributed by atoms with Gasteiger partial charge in [-0.05, 0) is 58.4 Å². The van der Waals surface area contributed by atoms with Gasteiger partial charge in [-0.2, -0.15) is 0 Å². The molecular formula is C20H13ClN2OS. The summed E-state index contributed by atoms with van der Waals surface area (Å²) in [4.78, 5) is 17.3. The van der Waals surface area contributed by atoms with Crippen molar-refractivity contribution in [2.75, 3.05) is 0 Å². The van der Waals surface area contributed by atoms with Crippen LogP contribution in [0.15, 0.2) is 76.6 Å². The number of amidine groups is 1. The molecule has 1 N–H and O–H groups in total. The SMILES string of the molecule is O=C1NC(=Nc2ccc(Cl)cc2)S/C1=C\c1cccc2ccccc12. The molecule has 0 unspecified atom stereocenters. The van der Waals surface area contributed by atoms with Crippen LogP contribution in [-0.4, -0.2) is 11.1 Å². The maximum absolute atomic E-state index is 12.3. The first kappa shape index (κ1) is 15.9. The molecule has 0 radical (unpaired) electrons. The van der Waals surface area contributed by atoms with Crippen molar-refractivity contribution in [3.05, 3.63) is 82.2 Å². The second kappa shape index (κ2) is 6.75. The van der Waals surface area contributed by atoms with Crippen molar-refractivity contribution in [1.29, 1.82) is 0 Å². The van der Waals surface area contributed by atoms with E-state index in [0.717, 1.165) is 22.0 Å². The number of hydrogen-bond donors (Lipinski definition) is 1. The van der Waals surface area contributed by atoms with Gasteiger partial charge >= 0.3 is 0 Å². The van der Waals surface area contributed by atoms with E-state index in [0.29, 0.717) is 15.1 Å². The topological polar surface area (TPSA) is 41.5 Å². The van der Waals surface area contributed by atoms with Crippen molar-refractivity contribution < 1.29 is 4.79 Å². The summed E-state index contributed by atoms with van der Waals surface area (Å²) in [5.41, 5.74) is 1.77. The fraction of sp³-hybridized carbons (Fsp3) is 0. The summed E-state index contributed by atoms with van der Waals surface area (Å²) in [6.45, 7) is 0. The third kappa shape index (κ3) is 3.45. The van der Waals surface area contributed by atoms with E-state index in [1.807, 2.05) is 42.5 Å². The highest BCUT2D eigenvalue weighted by Gasteiger charge is 2.24. The second-order valence-corrected chi connectivity index (χ2v) is 6.99. The highest BCUT2D eigenvalue weighted by Crippen LogP contribution is 2.30. The number of nitrogens with one attached hydrogen (secondary N) is 1. The lowest BCUT2D eigenvalue weighted by molar-refractivity contribution is -0.115. The summed E-state index contributed by atoms with van der Waals surface area (Å²) in [6, 6.07) is 21.4. The number of carbonyl (C=O) groups is 1. The average molecular weight is 365 g/mol. The minimum Gasteiger partial charge on any atom is -0.300 e.